The summed E-state index contributed by atoms with van der Waals surface area (Å²) in [5.41, 5.74) is 0. The molecule has 1 aliphatic heterocycles. The number of rotatable bonds is 2. The van der Waals surface area contributed by atoms with E-state index in [1.54, 1.807) is 10.8 Å². The Morgan fingerprint density at radius 3 is 2.70 bits per heavy atom. The van der Waals surface area contributed by atoms with Gasteiger partial charge in [0, 0.05) is 4.75 Å². The summed E-state index contributed by atoms with van der Waals surface area (Å²) in [5, 5.41) is 3.37. The van der Waals surface area contributed by atoms with Crippen LogP contribution in [0.5, 0.6) is 0 Å². The van der Waals surface area contributed by atoms with E-state index in [0.717, 1.165) is 5.92 Å². The minimum absolute atomic E-state index is 0.340. The van der Waals surface area contributed by atoms with Gasteiger partial charge in [-0.05, 0) is 39.3 Å². The molecule has 1 aliphatic rings. The fourth-order valence-corrected chi connectivity index (χ4v) is 2.12. The lowest BCUT2D eigenvalue weighted by atomic mass is 9.94. The van der Waals surface area contributed by atoms with Crippen LogP contribution in [-0.4, -0.2) is 17.8 Å². The van der Waals surface area contributed by atoms with Crippen molar-refractivity contribution in [2.75, 3.05) is 13.1 Å². The van der Waals surface area contributed by atoms with Crippen molar-refractivity contribution < 1.29 is 0 Å². The molecule has 10 heavy (non-hydrogen) atoms. The summed E-state index contributed by atoms with van der Waals surface area (Å²) in [4.78, 5) is 0. The zero-order valence-electron chi connectivity index (χ0n) is 6.55. The second-order valence-electron chi connectivity index (χ2n) is 3.38. The van der Waals surface area contributed by atoms with Crippen LogP contribution in [0.25, 0.3) is 0 Å². The summed E-state index contributed by atoms with van der Waals surface area (Å²) in [7, 11) is 1.68. The summed E-state index contributed by atoms with van der Waals surface area (Å²) in [6.07, 6.45) is 1.31. The first-order chi connectivity index (χ1) is 4.67. The van der Waals surface area contributed by atoms with Gasteiger partial charge in [-0.2, -0.15) is 0 Å². The van der Waals surface area contributed by atoms with Gasteiger partial charge in [-0.15, -0.1) is 11.7 Å². The van der Waals surface area contributed by atoms with Gasteiger partial charge in [0.1, 0.15) is 0 Å². The van der Waals surface area contributed by atoms with Gasteiger partial charge in [-0.3, -0.25) is 0 Å². The SMILES string of the molecule is CC(C)(SS)C1CCNC1. The van der Waals surface area contributed by atoms with Crippen LogP contribution in [0.4, 0.5) is 0 Å². The molecule has 0 saturated carbocycles. The van der Waals surface area contributed by atoms with Crippen molar-refractivity contribution >= 4 is 22.5 Å². The molecule has 1 saturated heterocycles. The first-order valence-electron chi connectivity index (χ1n) is 3.70. The highest BCUT2D eigenvalue weighted by atomic mass is 33.1. The number of hydrogen-bond acceptors (Lipinski definition) is 3. The minimum atomic E-state index is 0.340. The van der Waals surface area contributed by atoms with E-state index in [2.05, 4.69) is 30.8 Å². The first kappa shape index (κ1) is 8.75. The van der Waals surface area contributed by atoms with Crippen LogP contribution in [0.2, 0.25) is 0 Å². The zero-order valence-corrected chi connectivity index (χ0v) is 8.27. The van der Waals surface area contributed by atoms with E-state index < -0.39 is 0 Å². The molecule has 1 N–H and O–H groups in total. The van der Waals surface area contributed by atoms with E-state index in [1.807, 2.05) is 0 Å². The fraction of sp³-hybridized carbons (Fsp3) is 1.00. The lowest BCUT2D eigenvalue weighted by Gasteiger charge is -2.27. The molecule has 1 nitrogen and oxygen atoms in total. The van der Waals surface area contributed by atoms with E-state index in [1.165, 1.54) is 19.5 Å². The third kappa shape index (κ3) is 1.83. The highest BCUT2D eigenvalue weighted by molar-refractivity contribution is 8.69. The third-order valence-electron chi connectivity index (χ3n) is 2.28. The van der Waals surface area contributed by atoms with Crippen LogP contribution < -0.4 is 5.32 Å². The van der Waals surface area contributed by atoms with Gasteiger partial charge in [0.25, 0.3) is 0 Å². The average Bonchev–Trinajstić information content (AvgIpc) is 2.38. The summed E-state index contributed by atoms with van der Waals surface area (Å²) in [6.45, 7) is 6.88. The molecule has 1 unspecified atom stereocenters. The molecule has 1 fully saturated rings. The Kier molecular flexibility index (Phi) is 2.95. The number of hydrogen-bond donors (Lipinski definition) is 2. The Morgan fingerprint density at radius 2 is 2.30 bits per heavy atom. The number of thiol groups is 1. The molecular weight excluding hydrogens is 162 g/mol. The van der Waals surface area contributed by atoms with Crippen LogP contribution >= 0.6 is 22.5 Å². The molecule has 0 aromatic carbocycles. The Morgan fingerprint density at radius 1 is 1.60 bits per heavy atom. The Labute approximate surface area is 72.2 Å². The van der Waals surface area contributed by atoms with Crippen molar-refractivity contribution in [3.63, 3.8) is 0 Å². The molecule has 3 heteroatoms. The van der Waals surface area contributed by atoms with Crippen LogP contribution in [0, 0.1) is 5.92 Å². The standard InChI is InChI=1S/C7H15NS2/c1-7(2,10-9)6-3-4-8-5-6/h6,8-9H,3-5H2,1-2H3. The quantitative estimate of drug-likeness (QED) is 0.494. The summed E-state index contributed by atoms with van der Waals surface area (Å²) in [6, 6.07) is 0. The van der Waals surface area contributed by atoms with Gasteiger partial charge in [0.05, 0.1) is 0 Å². The fourth-order valence-electron chi connectivity index (χ4n) is 1.32. The highest BCUT2D eigenvalue weighted by Gasteiger charge is 2.31. The van der Waals surface area contributed by atoms with Crippen LogP contribution in [0.15, 0.2) is 0 Å². The van der Waals surface area contributed by atoms with Gasteiger partial charge in [0.2, 0.25) is 0 Å². The third-order valence-corrected chi connectivity index (χ3v) is 4.49. The second kappa shape index (κ2) is 3.37. The molecule has 1 rings (SSSR count). The Bertz CT molecular complexity index is 108. The molecule has 0 bridgehead atoms. The van der Waals surface area contributed by atoms with Gasteiger partial charge in [-0.1, -0.05) is 10.8 Å². The molecule has 0 aliphatic carbocycles. The second-order valence-corrected chi connectivity index (χ2v) is 5.17. The predicted octanol–water partition coefficient (Wildman–Crippen LogP) is 1.95. The van der Waals surface area contributed by atoms with Gasteiger partial charge < -0.3 is 5.32 Å². The minimum Gasteiger partial charge on any atom is -0.316 e. The van der Waals surface area contributed by atoms with E-state index >= 15 is 0 Å². The van der Waals surface area contributed by atoms with Crippen molar-refractivity contribution in [1.29, 1.82) is 0 Å². The molecular formula is C7H15NS2. The van der Waals surface area contributed by atoms with Crippen LogP contribution in [0.3, 0.4) is 0 Å². The normalized spacial score (nSPS) is 27.3. The molecule has 0 aromatic heterocycles. The summed E-state index contributed by atoms with van der Waals surface area (Å²) in [5.74, 6) is 0.801. The lowest BCUT2D eigenvalue weighted by Crippen LogP contribution is -2.28. The monoisotopic (exact) mass is 177 g/mol. The van der Waals surface area contributed by atoms with Crippen LogP contribution in [-0.2, 0) is 0 Å². The van der Waals surface area contributed by atoms with E-state index in [4.69, 9.17) is 0 Å². The number of nitrogens with one attached hydrogen (secondary N) is 1. The van der Waals surface area contributed by atoms with Crippen molar-refractivity contribution in [2.24, 2.45) is 5.92 Å². The molecule has 1 heterocycles. The zero-order chi connectivity index (χ0) is 7.61. The molecule has 0 amide bonds. The highest BCUT2D eigenvalue weighted by Crippen LogP contribution is 2.37. The largest absolute Gasteiger partial charge is 0.316 e. The molecule has 0 spiro atoms. The molecule has 60 valence electrons. The van der Waals surface area contributed by atoms with Gasteiger partial charge >= 0.3 is 0 Å². The maximum Gasteiger partial charge on any atom is 0.0245 e. The van der Waals surface area contributed by atoms with E-state index in [0.29, 0.717) is 4.75 Å². The average molecular weight is 177 g/mol. The van der Waals surface area contributed by atoms with Gasteiger partial charge in [0.15, 0.2) is 0 Å². The summed E-state index contributed by atoms with van der Waals surface area (Å²) >= 11 is 4.27. The smallest absolute Gasteiger partial charge is 0.0245 e. The van der Waals surface area contributed by atoms with Crippen molar-refractivity contribution in [1.82, 2.24) is 5.32 Å². The van der Waals surface area contributed by atoms with Crippen molar-refractivity contribution in [2.45, 2.75) is 25.0 Å². The van der Waals surface area contributed by atoms with E-state index in [9.17, 15) is 0 Å². The summed E-state index contributed by atoms with van der Waals surface area (Å²) < 4.78 is 0.340. The topological polar surface area (TPSA) is 12.0 Å². The van der Waals surface area contributed by atoms with Gasteiger partial charge in [-0.25, -0.2) is 0 Å². The molecule has 1 atom stereocenters. The van der Waals surface area contributed by atoms with Crippen molar-refractivity contribution in [3.8, 4) is 0 Å². The van der Waals surface area contributed by atoms with Crippen molar-refractivity contribution in [3.05, 3.63) is 0 Å². The maximum absolute atomic E-state index is 4.27. The molecule has 0 aromatic rings. The Hall–Kier alpha value is 0.660. The molecule has 0 radical (unpaired) electrons. The van der Waals surface area contributed by atoms with E-state index in [-0.39, 0.29) is 0 Å². The van der Waals surface area contributed by atoms with Crippen LogP contribution in [0.1, 0.15) is 20.3 Å². The lowest BCUT2D eigenvalue weighted by molar-refractivity contribution is 0.464. The maximum atomic E-state index is 4.27. The Balaban J connectivity index is 2.45. The predicted molar refractivity (Wildman–Crippen MR) is 51.6 cm³/mol. The first-order valence-corrected chi connectivity index (χ1v) is 5.57.